The minimum atomic E-state index is -0.303. The number of hydrogen-bond acceptors (Lipinski definition) is 3. The van der Waals surface area contributed by atoms with Crippen LogP contribution in [0.15, 0.2) is 247 Å². The first-order valence-electron chi connectivity index (χ1n) is 24.7. The SMILES string of the molecule is CC1(C)c2ccccc2-c2ccc(N(c3ccc(-c4ccccc4)cc3)c3ccc(-c4ccc(N(c5ccc(-c6ccccc6)cc5)c5ccc6c(c5)C(C)(C)c5oc7ccccc7c5-6)cc4)cc3)cc21. The zero-order chi connectivity index (χ0) is 47.8. The quantitative estimate of drug-likeness (QED) is 0.144. The molecule has 0 unspecified atom stereocenters. The summed E-state index contributed by atoms with van der Waals surface area (Å²) >= 11 is 0. The van der Waals surface area contributed by atoms with Crippen molar-refractivity contribution in [1.82, 2.24) is 0 Å². The third-order valence-corrected chi connectivity index (χ3v) is 15.2. The average molecular weight is 913 g/mol. The summed E-state index contributed by atoms with van der Waals surface area (Å²) in [5.74, 6) is 1.03. The van der Waals surface area contributed by atoms with E-state index >= 15 is 0 Å². The molecule has 0 saturated heterocycles. The van der Waals surface area contributed by atoms with Crippen LogP contribution in [0.1, 0.15) is 50.1 Å². The van der Waals surface area contributed by atoms with Crippen molar-refractivity contribution in [2.24, 2.45) is 0 Å². The Morgan fingerprint density at radius 3 is 1.15 bits per heavy atom. The summed E-state index contributed by atoms with van der Waals surface area (Å²) in [6.07, 6.45) is 0. The largest absolute Gasteiger partial charge is 0.459 e. The Bertz CT molecular complexity index is 3770. The molecule has 0 bridgehead atoms. The van der Waals surface area contributed by atoms with E-state index in [1.165, 1.54) is 66.6 Å². The van der Waals surface area contributed by atoms with Gasteiger partial charge in [0.2, 0.25) is 0 Å². The minimum absolute atomic E-state index is 0.113. The lowest BCUT2D eigenvalue weighted by Gasteiger charge is -2.28. The van der Waals surface area contributed by atoms with Crippen molar-refractivity contribution in [3.8, 4) is 55.6 Å². The predicted molar refractivity (Wildman–Crippen MR) is 297 cm³/mol. The van der Waals surface area contributed by atoms with Crippen molar-refractivity contribution in [1.29, 1.82) is 0 Å². The standard InChI is InChI=1S/C68H52N2O/c1-67(2)61-21-13-11-19-57(61)58-41-39-55(43-62(58)67)69(51-31-23-47(24-32-51)45-15-7-5-8-16-45)53-35-27-49(28-36-53)50-29-37-54(38-30-50)70(52-33-25-48(26-34-52)46-17-9-6-10-18-46)56-40-42-59-63(44-56)68(3,4)66-65(59)60-20-12-14-22-64(60)71-66/h5-44H,1-4H3. The summed E-state index contributed by atoms with van der Waals surface area (Å²) in [6.45, 7) is 9.28. The van der Waals surface area contributed by atoms with E-state index in [1.54, 1.807) is 0 Å². The van der Waals surface area contributed by atoms with E-state index in [0.29, 0.717) is 0 Å². The van der Waals surface area contributed by atoms with E-state index in [0.717, 1.165) is 56.6 Å². The molecule has 13 rings (SSSR count). The Balaban J connectivity index is 0.859. The van der Waals surface area contributed by atoms with Crippen LogP contribution < -0.4 is 9.80 Å². The topological polar surface area (TPSA) is 19.6 Å². The first kappa shape index (κ1) is 42.4. The van der Waals surface area contributed by atoms with Crippen molar-refractivity contribution in [3.63, 3.8) is 0 Å². The highest BCUT2D eigenvalue weighted by Crippen LogP contribution is 2.55. The number of hydrogen-bond donors (Lipinski definition) is 0. The lowest BCUT2D eigenvalue weighted by molar-refractivity contribution is 0.465. The lowest BCUT2D eigenvalue weighted by atomic mass is 9.82. The minimum Gasteiger partial charge on any atom is -0.459 e. The molecule has 2 aliphatic rings. The summed E-state index contributed by atoms with van der Waals surface area (Å²) in [7, 11) is 0. The van der Waals surface area contributed by atoms with Crippen LogP contribution in [-0.2, 0) is 10.8 Å². The molecule has 3 nitrogen and oxygen atoms in total. The molecule has 2 aliphatic carbocycles. The number of anilines is 6. The molecular weight excluding hydrogens is 861 g/mol. The Kier molecular flexibility index (Phi) is 9.86. The van der Waals surface area contributed by atoms with E-state index < -0.39 is 0 Å². The predicted octanol–water partition coefficient (Wildman–Crippen LogP) is 19.0. The molecule has 0 aliphatic heterocycles. The molecule has 0 fully saturated rings. The number of furan rings is 1. The molecule has 3 heteroatoms. The van der Waals surface area contributed by atoms with Gasteiger partial charge in [-0.25, -0.2) is 0 Å². The lowest BCUT2D eigenvalue weighted by Crippen LogP contribution is -2.16. The van der Waals surface area contributed by atoms with Crippen LogP contribution in [0.5, 0.6) is 0 Å². The molecule has 340 valence electrons. The van der Waals surface area contributed by atoms with Gasteiger partial charge in [0.05, 0.1) is 0 Å². The van der Waals surface area contributed by atoms with E-state index in [2.05, 4.69) is 280 Å². The molecule has 1 heterocycles. The highest BCUT2D eigenvalue weighted by atomic mass is 16.3. The fourth-order valence-corrected chi connectivity index (χ4v) is 11.5. The highest BCUT2D eigenvalue weighted by molar-refractivity contribution is 6.01. The number of benzene rings is 10. The maximum absolute atomic E-state index is 6.59. The van der Waals surface area contributed by atoms with Crippen molar-refractivity contribution in [2.75, 3.05) is 9.80 Å². The second kappa shape index (κ2) is 16.5. The molecule has 1 aromatic heterocycles. The zero-order valence-electron chi connectivity index (χ0n) is 40.4. The van der Waals surface area contributed by atoms with Crippen molar-refractivity contribution in [3.05, 3.63) is 265 Å². The van der Waals surface area contributed by atoms with Gasteiger partial charge in [-0.05, 0) is 159 Å². The van der Waals surface area contributed by atoms with Crippen molar-refractivity contribution >= 4 is 45.1 Å². The fourth-order valence-electron chi connectivity index (χ4n) is 11.5. The van der Waals surface area contributed by atoms with Gasteiger partial charge >= 0.3 is 0 Å². The molecule has 10 aromatic carbocycles. The highest BCUT2D eigenvalue weighted by Gasteiger charge is 2.41. The molecule has 0 N–H and O–H groups in total. The first-order chi connectivity index (χ1) is 34.7. The van der Waals surface area contributed by atoms with Crippen LogP contribution in [0.2, 0.25) is 0 Å². The van der Waals surface area contributed by atoms with E-state index in [-0.39, 0.29) is 10.8 Å². The number of rotatable bonds is 9. The van der Waals surface area contributed by atoms with Gasteiger partial charge in [-0.1, -0.05) is 178 Å². The normalized spacial score (nSPS) is 13.6. The smallest absolute Gasteiger partial charge is 0.134 e. The van der Waals surface area contributed by atoms with E-state index in [4.69, 9.17) is 4.42 Å². The zero-order valence-corrected chi connectivity index (χ0v) is 40.4. The van der Waals surface area contributed by atoms with Crippen LogP contribution in [0.3, 0.4) is 0 Å². The molecule has 0 radical (unpaired) electrons. The second-order valence-corrected chi connectivity index (χ2v) is 20.1. The molecule has 0 spiro atoms. The van der Waals surface area contributed by atoms with Gasteiger partial charge in [0, 0.05) is 55.9 Å². The van der Waals surface area contributed by atoms with Gasteiger partial charge in [0.25, 0.3) is 0 Å². The maximum Gasteiger partial charge on any atom is 0.134 e. The Morgan fingerprint density at radius 2 is 0.662 bits per heavy atom. The van der Waals surface area contributed by atoms with Gasteiger partial charge in [0.15, 0.2) is 0 Å². The van der Waals surface area contributed by atoms with E-state index in [9.17, 15) is 0 Å². The number of nitrogens with zero attached hydrogens (tertiary/aromatic N) is 2. The average Bonchev–Trinajstić information content (AvgIpc) is 4.00. The summed E-state index contributed by atoms with van der Waals surface area (Å²) in [5.41, 5.74) is 23.4. The summed E-state index contributed by atoms with van der Waals surface area (Å²) < 4.78 is 6.59. The molecule has 0 amide bonds. The molecular formula is C68H52N2O. The monoisotopic (exact) mass is 912 g/mol. The second-order valence-electron chi connectivity index (χ2n) is 20.1. The number of fused-ring (bicyclic) bond motifs is 8. The third kappa shape index (κ3) is 7.03. The van der Waals surface area contributed by atoms with E-state index in [1.807, 2.05) is 0 Å². The van der Waals surface area contributed by atoms with Crippen LogP contribution in [0, 0.1) is 0 Å². The van der Waals surface area contributed by atoms with Gasteiger partial charge in [-0.15, -0.1) is 0 Å². The maximum atomic E-state index is 6.59. The Labute approximate surface area is 416 Å². The molecule has 0 atom stereocenters. The van der Waals surface area contributed by atoms with Gasteiger partial charge in [-0.3, -0.25) is 0 Å². The Hall–Kier alpha value is -8.66. The first-order valence-corrected chi connectivity index (χ1v) is 24.7. The summed E-state index contributed by atoms with van der Waals surface area (Å²) in [5, 5.41) is 1.17. The summed E-state index contributed by atoms with van der Waals surface area (Å²) in [4.78, 5) is 4.78. The number of para-hydroxylation sites is 1. The molecule has 11 aromatic rings. The molecule has 0 saturated carbocycles. The van der Waals surface area contributed by atoms with Crippen LogP contribution in [-0.4, -0.2) is 0 Å². The third-order valence-electron chi connectivity index (χ3n) is 15.2. The Morgan fingerprint density at radius 1 is 0.296 bits per heavy atom. The van der Waals surface area contributed by atoms with Crippen molar-refractivity contribution < 1.29 is 4.42 Å². The van der Waals surface area contributed by atoms with Crippen molar-refractivity contribution in [2.45, 2.75) is 38.5 Å². The van der Waals surface area contributed by atoms with Gasteiger partial charge in [-0.2, -0.15) is 0 Å². The van der Waals surface area contributed by atoms with Crippen LogP contribution in [0.4, 0.5) is 34.1 Å². The van der Waals surface area contributed by atoms with Crippen LogP contribution in [0.25, 0.3) is 66.6 Å². The summed E-state index contributed by atoms with van der Waals surface area (Å²) in [6, 6.07) is 88.5. The molecule has 71 heavy (non-hydrogen) atoms. The van der Waals surface area contributed by atoms with Gasteiger partial charge < -0.3 is 14.2 Å². The van der Waals surface area contributed by atoms with Crippen LogP contribution >= 0.6 is 0 Å². The van der Waals surface area contributed by atoms with Gasteiger partial charge in [0.1, 0.15) is 11.3 Å². The fraction of sp³-hybridized carbons (Fsp3) is 0.0882.